The minimum atomic E-state index is -0.101. The first-order valence-electron chi connectivity index (χ1n) is 6.61. The second kappa shape index (κ2) is 6.49. The summed E-state index contributed by atoms with van der Waals surface area (Å²) in [6.45, 7) is 6.80. The third-order valence-corrected chi connectivity index (χ3v) is 3.81. The minimum absolute atomic E-state index is 0.101. The van der Waals surface area contributed by atoms with Crippen molar-refractivity contribution >= 4 is 0 Å². The summed E-state index contributed by atoms with van der Waals surface area (Å²) in [6, 6.07) is 0.955. The van der Waals surface area contributed by atoms with Crippen LogP contribution in [0.3, 0.4) is 0 Å². The Morgan fingerprint density at radius 1 is 1.27 bits per heavy atom. The Morgan fingerprint density at radius 3 is 2.47 bits per heavy atom. The molecule has 0 amide bonds. The topological polar surface area (TPSA) is 32.3 Å². The van der Waals surface area contributed by atoms with Crippen molar-refractivity contribution in [2.45, 2.75) is 77.5 Å². The van der Waals surface area contributed by atoms with E-state index in [0.717, 1.165) is 18.8 Å². The maximum atomic E-state index is 9.76. The number of nitrogens with one attached hydrogen (secondary N) is 1. The summed E-state index contributed by atoms with van der Waals surface area (Å²) in [5.74, 6) is 0.793. The van der Waals surface area contributed by atoms with Gasteiger partial charge in [-0.3, -0.25) is 0 Å². The van der Waals surface area contributed by atoms with Gasteiger partial charge in [0.15, 0.2) is 0 Å². The third kappa shape index (κ3) is 4.12. The molecule has 4 unspecified atom stereocenters. The first-order chi connectivity index (χ1) is 7.17. The molecular weight excluding hydrogens is 186 g/mol. The minimum Gasteiger partial charge on any atom is -0.392 e. The Hall–Kier alpha value is -0.0800. The Morgan fingerprint density at radius 2 is 2.00 bits per heavy atom. The first-order valence-corrected chi connectivity index (χ1v) is 6.61. The molecule has 0 spiro atoms. The van der Waals surface area contributed by atoms with Crippen LogP contribution in [0.1, 0.15) is 59.3 Å². The van der Waals surface area contributed by atoms with Gasteiger partial charge >= 0.3 is 0 Å². The molecule has 0 aromatic heterocycles. The van der Waals surface area contributed by atoms with Crippen molar-refractivity contribution in [3.05, 3.63) is 0 Å². The van der Waals surface area contributed by atoms with Crippen molar-refractivity contribution in [2.75, 3.05) is 0 Å². The zero-order valence-corrected chi connectivity index (χ0v) is 10.5. The molecule has 0 aromatic rings. The van der Waals surface area contributed by atoms with E-state index in [4.69, 9.17) is 0 Å². The van der Waals surface area contributed by atoms with E-state index in [0.29, 0.717) is 12.1 Å². The summed E-state index contributed by atoms with van der Waals surface area (Å²) in [4.78, 5) is 0. The van der Waals surface area contributed by atoms with Crippen LogP contribution >= 0.6 is 0 Å². The fourth-order valence-corrected chi connectivity index (χ4v) is 2.44. The molecule has 1 aliphatic carbocycles. The Kier molecular flexibility index (Phi) is 5.62. The number of hydrogen-bond donors (Lipinski definition) is 2. The summed E-state index contributed by atoms with van der Waals surface area (Å²) in [5, 5.41) is 13.4. The highest BCUT2D eigenvalue weighted by molar-refractivity contribution is 4.85. The van der Waals surface area contributed by atoms with Crippen LogP contribution in [0.2, 0.25) is 0 Å². The molecule has 1 saturated carbocycles. The highest BCUT2D eigenvalue weighted by Crippen LogP contribution is 2.21. The van der Waals surface area contributed by atoms with Crippen LogP contribution in [0.4, 0.5) is 0 Å². The largest absolute Gasteiger partial charge is 0.392 e. The fraction of sp³-hybridized carbons (Fsp3) is 1.00. The van der Waals surface area contributed by atoms with Crippen LogP contribution in [-0.4, -0.2) is 23.3 Å². The summed E-state index contributed by atoms with van der Waals surface area (Å²) >= 11 is 0. The van der Waals surface area contributed by atoms with Gasteiger partial charge in [-0.2, -0.15) is 0 Å². The normalized spacial score (nSPS) is 30.4. The van der Waals surface area contributed by atoms with Crippen molar-refractivity contribution in [1.82, 2.24) is 5.32 Å². The van der Waals surface area contributed by atoms with Gasteiger partial charge in [-0.15, -0.1) is 0 Å². The fourth-order valence-electron chi connectivity index (χ4n) is 2.44. The van der Waals surface area contributed by atoms with Gasteiger partial charge in [0.25, 0.3) is 0 Å². The van der Waals surface area contributed by atoms with Crippen LogP contribution < -0.4 is 5.32 Å². The van der Waals surface area contributed by atoms with Gasteiger partial charge in [-0.05, 0) is 38.0 Å². The van der Waals surface area contributed by atoms with E-state index in [1.54, 1.807) is 0 Å². The van der Waals surface area contributed by atoms with Crippen LogP contribution in [0.25, 0.3) is 0 Å². The van der Waals surface area contributed by atoms with E-state index in [2.05, 4.69) is 26.1 Å². The molecule has 0 heterocycles. The number of aliphatic hydroxyl groups excluding tert-OH is 1. The molecule has 15 heavy (non-hydrogen) atoms. The molecule has 1 rings (SSSR count). The molecule has 0 radical (unpaired) electrons. The van der Waals surface area contributed by atoms with Crippen LogP contribution in [-0.2, 0) is 0 Å². The van der Waals surface area contributed by atoms with Crippen molar-refractivity contribution in [3.63, 3.8) is 0 Å². The maximum Gasteiger partial charge on any atom is 0.0693 e. The predicted molar refractivity (Wildman–Crippen MR) is 64.9 cm³/mol. The molecule has 2 N–H and O–H groups in total. The highest BCUT2D eigenvalue weighted by atomic mass is 16.3. The summed E-state index contributed by atoms with van der Waals surface area (Å²) < 4.78 is 0. The molecule has 0 saturated heterocycles. The van der Waals surface area contributed by atoms with E-state index in [1.165, 1.54) is 25.7 Å². The van der Waals surface area contributed by atoms with Crippen LogP contribution in [0, 0.1) is 5.92 Å². The van der Waals surface area contributed by atoms with Crippen molar-refractivity contribution < 1.29 is 5.11 Å². The Bertz CT molecular complexity index is 172. The number of hydrogen-bond acceptors (Lipinski definition) is 2. The van der Waals surface area contributed by atoms with E-state index < -0.39 is 0 Å². The quantitative estimate of drug-likeness (QED) is 0.711. The Balaban J connectivity index is 2.32. The average molecular weight is 213 g/mol. The molecule has 2 nitrogen and oxygen atoms in total. The lowest BCUT2D eigenvalue weighted by molar-refractivity contribution is 0.139. The summed E-state index contributed by atoms with van der Waals surface area (Å²) in [6.07, 6.45) is 6.89. The molecular formula is C13H27NO. The van der Waals surface area contributed by atoms with E-state index in [-0.39, 0.29) is 6.10 Å². The third-order valence-electron chi connectivity index (χ3n) is 3.81. The predicted octanol–water partition coefficient (Wildman–Crippen LogP) is 2.70. The van der Waals surface area contributed by atoms with E-state index in [1.807, 2.05) is 0 Å². The summed E-state index contributed by atoms with van der Waals surface area (Å²) in [7, 11) is 0. The van der Waals surface area contributed by atoms with E-state index in [9.17, 15) is 5.11 Å². The molecule has 2 heteroatoms. The number of aliphatic hydroxyl groups is 1. The zero-order valence-electron chi connectivity index (χ0n) is 10.5. The van der Waals surface area contributed by atoms with Gasteiger partial charge in [0.05, 0.1) is 6.10 Å². The van der Waals surface area contributed by atoms with Crippen molar-refractivity contribution in [2.24, 2.45) is 5.92 Å². The molecule has 0 aliphatic heterocycles. The lowest BCUT2D eigenvalue weighted by Crippen LogP contribution is -2.43. The van der Waals surface area contributed by atoms with Crippen molar-refractivity contribution in [1.29, 1.82) is 0 Å². The second-order valence-corrected chi connectivity index (χ2v) is 5.13. The summed E-state index contributed by atoms with van der Waals surface area (Å²) in [5.41, 5.74) is 0. The molecule has 1 fully saturated rings. The van der Waals surface area contributed by atoms with Gasteiger partial charge in [-0.1, -0.05) is 27.2 Å². The SMILES string of the molecule is CCC(C)CC(CC)NC1CCCC1O. The molecule has 90 valence electrons. The van der Waals surface area contributed by atoms with Gasteiger partial charge in [0, 0.05) is 12.1 Å². The average Bonchev–Trinajstić information content (AvgIpc) is 2.63. The molecule has 4 atom stereocenters. The molecule has 0 aromatic carbocycles. The van der Waals surface area contributed by atoms with Gasteiger partial charge in [0.2, 0.25) is 0 Å². The Labute approximate surface area is 94.5 Å². The number of rotatable bonds is 6. The smallest absolute Gasteiger partial charge is 0.0693 e. The van der Waals surface area contributed by atoms with Crippen LogP contribution in [0.15, 0.2) is 0 Å². The van der Waals surface area contributed by atoms with Gasteiger partial charge < -0.3 is 10.4 Å². The van der Waals surface area contributed by atoms with Gasteiger partial charge in [0.1, 0.15) is 0 Å². The van der Waals surface area contributed by atoms with E-state index >= 15 is 0 Å². The second-order valence-electron chi connectivity index (χ2n) is 5.13. The van der Waals surface area contributed by atoms with Gasteiger partial charge in [-0.25, -0.2) is 0 Å². The standard InChI is InChI=1S/C13H27NO/c1-4-10(3)9-11(5-2)14-12-7-6-8-13(12)15/h10-15H,4-9H2,1-3H3. The zero-order chi connectivity index (χ0) is 11.3. The monoisotopic (exact) mass is 213 g/mol. The van der Waals surface area contributed by atoms with Crippen LogP contribution in [0.5, 0.6) is 0 Å². The first kappa shape index (κ1) is 13.0. The highest BCUT2D eigenvalue weighted by Gasteiger charge is 2.26. The lowest BCUT2D eigenvalue weighted by Gasteiger charge is -2.26. The molecule has 0 bridgehead atoms. The lowest BCUT2D eigenvalue weighted by atomic mass is 9.97. The van der Waals surface area contributed by atoms with Crippen molar-refractivity contribution in [3.8, 4) is 0 Å². The molecule has 1 aliphatic rings. The maximum absolute atomic E-state index is 9.76.